The summed E-state index contributed by atoms with van der Waals surface area (Å²) >= 11 is 0. The number of hydrogen-bond acceptors (Lipinski definition) is 3. The molecule has 0 bridgehead atoms. The van der Waals surface area contributed by atoms with Crippen LogP contribution in [0.4, 0.5) is 5.82 Å². The van der Waals surface area contributed by atoms with Gasteiger partial charge in [0.05, 0.1) is 0 Å². The number of rotatable bonds is 3. The summed E-state index contributed by atoms with van der Waals surface area (Å²) in [6, 6.07) is 4.32. The van der Waals surface area contributed by atoms with Crippen molar-refractivity contribution in [3.63, 3.8) is 0 Å². The van der Waals surface area contributed by atoms with Gasteiger partial charge in [-0.1, -0.05) is 6.07 Å². The van der Waals surface area contributed by atoms with Gasteiger partial charge in [0.2, 0.25) is 0 Å². The number of nitrogens with zero attached hydrogens (tertiary/aromatic N) is 1. The molecule has 1 aliphatic heterocycles. The molecule has 3 nitrogen and oxygen atoms in total. The van der Waals surface area contributed by atoms with Gasteiger partial charge < -0.3 is 11.1 Å². The Hall–Kier alpha value is -0.510. The van der Waals surface area contributed by atoms with Crippen LogP contribution in [-0.4, -0.2) is 18.1 Å². The molecule has 2 heterocycles. The number of nitrogens with one attached hydrogen (secondary N) is 1. The standard InChI is InChI=1S/C11H17N3.2ClH/c12-7-1-4-10-6-5-9-3-2-8-13-11(9)14-10;;/h5-6H,1-4,7-8,12H2,(H,13,14);2*1H. The lowest BCUT2D eigenvalue weighted by atomic mass is 10.1. The fourth-order valence-electron chi connectivity index (χ4n) is 1.79. The van der Waals surface area contributed by atoms with Crippen molar-refractivity contribution in [2.75, 3.05) is 18.4 Å². The number of fused-ring (bicyclic) bond motifs is 1. The van der Waals surface area contributed by atoms with Gasteiger partial charge in [-0.05, 0) is 43.9 Å². The van der Waals surface area contributed by atoms with Crippen LogP contribution in [0.1, 0.15) is 24.1 Å². The van der Waals surface area contributed by atoms with Crippen LogP contribution < -0.4 is 11.1 Å². The number of aryl methyl sites for hydroxylation is 2. The molecule has 0 spiro atoms. The summed E-state index contributed by atoms with van der Waals surface area (Å²) in [4.78, 5) is 4.58. The zero-order valence-corrected chi connectivity index (χ0v) is 10.9. The quantitative estimate of drug-likeness (QED) is 0.879. The van der Waals surface area contributed by atoms with Crippen molar-refractivity contribution < 1.29 is 0 Å². The van der Waals surface area contributed by atoms with E-state index in [9.17, 15) is 0 Å². The van der Waals surface area contributed by atoms with E-state index in [1.807, 2.05) is 0 Å². The molecule has 92 valence electrons. The molecule has 5 heteroatoms. The highest BCUT2D eigenvalue weighted by Gasteiger charge is 2.09. The van der Waals surface area contributed by atoms with Gasteiger partial charge in [-0.25, -0.2) is 4.98 Å². The van der Waals surface area contributed by atoms with Crippen molar-refractivity contribution >= 4 is 30.6 Å². The molecule has 3 N–H and O–H groups in total. The summed E-state index contributed by atoms with van der Waals surface area (Å²) in [5.74, 6) is 1.09. The minimum atomic E-state index is 0. The number of pyridine rings is 1. The Kier molecular flexibility index (Phi) is 7.47. The third-order valence-corrected chi connectivity index (χ3v) is 2.59. The van der Waals surface area contributed by atoms with E-state index in [4.69, 9.17) is 5.73 Å². The van der Waals surface area contributed by atoms with Crippen molar-refractivity contribution in [1.82, 2.24) is 4.98 Å². The van der Waals surface area contributed by atoms with E-state index in [0.29, 0.717) is 0 Å². The predicted octanol–water partition coefficient (Wildman–Crippen LogP) is 2.17. The van der Waals surface area contributed by atoms with Gasteiger partial charge in [-0.2, -0.15) is 0 Å². The highest BCUT2D eigenvalue weighted by Crippen LogP contribution is 2.19. The SMILES string of the molecule is Cl.Cl.NCCCc1ccc2c(n1)NCCC2. The van der Waals surface area contributed by atoms with Crippen LogP contribution in [0.25, 0.3) is 0 Å². The fraction of sp³-hybridized carbons (Fsp3) is 0.545. The Morgan fingerprint density at radius 1 is 1.31 bits per heavy atom. The van der Waals surface area contributed by atoms with E-state index in [1.165, 1.54) is 12.0 Å². The van der Waals surface area contributed by atoms with Crippen molar-refractivity contribution in [2.45, 2.75) is 25.7 Å². The van der Waals surface area contributed by atoms with Gasteiger partial charge >= 0.3 is 0 Å². The zero-order chi connectivity index (χ0) is 9.80. The van der Waals surface area contributed by atoms with Gasteiger partial charge in [0, 0.05) is 12.2 Å². The van der Waals surface area contributed by atoms with Crippen LogP contribution in [0, 0.1) is 0 Å². The molecule has 0 aliphatic carbocycles. The highest BCUT2D eigenvalue weighted by molar-refractivity contribution is 5.85. The van der Waals surface area contributed by atoms with Gasteiger partial charge in [0.25, 0.3) is 0 Å². The molecule has 0 amide bonds. The molecule has 0 unspecified atom stereocenters. The molecular formula is C11H19Cl2N3. The summed E-state index contributed by atoms with van der Waals surface area (Å²) in [6.07, 6.45) is 4.39. The summed E-state index contributed by atoms with van der Waals surface area (Å²) in [5.41, 5.74) is 7.98. The second-order valence-electron chi connectivity index (χ2n) is 3.73. The zero-order valence-electron chi connectivity index (χ0n) is 9.24. The van der Waals surface area contributed by atoms with Gasteiger partial charge in [-0.3, -0.25) is 0 Å². The first-order valence-electron chi connectivity index (χ1n) is 5.33. The lowest BCUT2D eigenvalue weighted by Crippen LogP contribution is -2.14. The second-order valence-corrected chi connectivity index (χ2v) is 3.73. The Balaban J connectivity index is 0.00000112. The van der Waals surface area contributed by atoms with Crippen molar-refractivity contribution in [2.24, 2.45) is 5.73 Å². The van der Waals surface area contributed by atoms with Crippen LogP contribution in [0.3, 0.4) is 0 Å². The maximum absolute atomic E-state index is 5.47. The number of halogens is 2. The minimum absolute atomic E-state index is 0. The molecule has 0 radical (unpaired) electrons. The topological polar surface area (TPSA) is 50.9 Å². The molecule has 16 heavy (non-hydrogen) atoms. The number of hydrogen-bond donors (Lipinski definition) is 2. The maximum atomic E-state index is 5.47. The van der Waals surface area contributed by atoms with E-state index in [-0.39, 0.29) is 24.8 Å². The Morgan fingerprint density at radius 3 is 2.88 bits per heavy atom. The largest absolute Gasteiger partial charge is 0.370 e. The van der Waals surface area contributed by atoms with Crippen molar-refractivity contribution in [1.29, 1.82) is 0 Å². The number of aromatic nitrogens is 1. The smallest absolute Gasteiger partial charge is 0.129 e. The third-order valence-electron chi connectivity index (χ3n) is 2.59. The molecule has 2 rings (SSSR count). The Bertz CT molecular complexity index is 318. The average molecular weight is 264 g/mol. The first-order valence-corrected chi connectivity index (χ1v) is 5.33. The third kappa shape index (κ3) is 3.81. The minimum Gasteiger partial charge on any atom is -0.370 e. The molecule has 1 aromatic heterocycles. The van der Waals surface area contributed by atoms with Gasteiger partial charge in [0.15, 0.2) is 0 Å². The molecule has 0 fully saturated rings. The van der Waals surface area contributed by atoms with Crippen LogP contribution in [0.2, 0.25) is 0 Å². The summed E-state index contributed by atoms with van der Waals surface area (Å²) in [7, 11) is 0. The summed E-state index contributed by atoms with van der Waals surface area (Å²) < 4.78 is 0. The normalized spacial score (nSPS) is 12.8. The van der Waals surface area contributed by atoms with Crippen molar-refractivity contribution in [3.05, 3.63) is 23.4 Å². The first kappa shape index (κ1) is 15.5. The van der Waals surface area contributed by atoms with E-state index >= 15 is 0 Å². The summed E-state index contributed by atoms with van der Waals surface area (Å²) in [5, 5.41) is 3.34. The number of nitrogens with two attached hydrogens (primary N) is 1. The number of anilines is 1. The molecule has 0 atom stereocenters. The monoisotopic (exact) mass is 263 g/mol. The van der Waals surface area contributed by atoms with E-state index < -0.39 is 0 Å². The van der Waals surface area contributed by atoms with Crippen LogP contribution in [-0.2, 0) is 12.8 Å². The Morgan fingerprint density at radius 2 is 2.12 bits per heavy atom. The second kappa shape index (κ2) is 7.71. The van der Waals surface area contributed by atoms with Gasteiger partial charge in [0.1, 0.15) is 5.82 Å². The predicted molar refractivity (Wildman–Crippen MR) is 72.9 cm³/mol. The van der Waals surface area contributed by atoms with E-state index in [0.717, 1.165) is 43.9 Å². The first-order chi connectivity index (χ1) is 6.90. The maximum Gasteiger partial charge on any atom is 0.129 e. The van der Waals surface area contributed by atoms with Crippen LogP contribution >= 0.6 is 24.8 Å². The molecule has 0 aromatic carbocycles. The fourth-order valence-corrected chi connectivity index (χ4v) is 1.79. The Labute approximate surface area is 109 Å². The van der Waals surface area contributed by atoms with E-state index in [1.54, 1.807) is 0 Å². The summed E-state index contributed by atoms with van der Waals surface area (Å²) in [6.45, 7) is 1.80. The highest BCUT2D eigenvalue weighted by atomic mass is 35.5. The lowest BCUT2D eigenvalue weighted by Gasteiger charge is -2.17. The van der Waals surface area contributed by atoms with Crippen LogP contribution in [0.5, 0.6) is 0 Å². The molecule has 1 aliphatic rings. The van der Waals surface area contributed by atoms with Gasteiger partial charge in [-0.15, -0.1) is 24.8 Å². The van der Waals surface area contributed by atoms with Crippen LogP contribution in [0.15, 0.2) is 12.1 Å². The molecule has 1 aromatic rings. The molecular weight excluding hydrogens is 245 g/mol. The van der Waals surface area contributed by atoms with Crippen molar-refractivity contribution in [3.8, 4) is 0 Å². The lowest BCUT2D eigenvalue weighted by molar-refractivity contribution is 0.785. The molecule has 0 saturated carbocycles. The average Bonchev–Trinajstić information content (AvgIpc) is 2.26. The molecule has 0 saturated heterocycles. The van der Waals surface area contributed by atoms with E-state index in [2.05, 4.69) is 22.4 Å².